The van der Waals surface area contributed by atoms with Crippen LogP contribution in [-0.4, -0.2) is 11.1 Å². The van der Waals surface area contributed by atoms with Gasteiger partial charge in [0.2, 0.25) is 0 Å². The molecule has 0 bridgehead atoms. The highest BCUT2D eigenvalue weighted by Crippen LogP contribution is 2.21. The number of hydrogen-bond acceptors (Lipinski definition) is 2. The van der Waals surface area contributed by atoms with Crippen molar-refractivity contribution in [2.75, 3.05) is 0 Å². The Morgan fingerprint density at radius 1 is 1.22 bits per heavy atom. The van der Waals surface area contributed by atoms with E-state index in [1.165, 1.54) is 24.3 Å². The molecule has 4 nitrogen and oxygen atoms in total. The molecule has 1 aromatic heterocycles. The van der Waals surface area contributed by atoms with Crippen molar-refractivity contribution < 1.29 is 19.0 Å². The number of carboxylic acids is 1. The molecule has 6 heteroatoms. The first-order valence-corrected chi connectivity index (χ1v) is 5.30. The van der Waals surface area contributed by atoms with Crippen LogP contribution < -0.4 is 4.73 Å². The van der Waals surface area contributed by atoms with Gasteiger partial charge in [0.05, 0.1) is 5.56 Å². The maximum absolute atomic E-state index is 13.6. The molecule has 0 unspecified atom stereocenters. The Balaban J connectivity index is 2.66. The molecule has 0 radical (unpaired) electrons. The number of carboxylic acid groups (broad SMARTS) is 1. The zero-order valence-corrected chi connectivity index (χ0v) is 9.69. The molecule has 0 saturated carbocycles. The molecule has 0 spiro atoms. The summed E-state index contributed by atoms with van der Waals surface area (Å²) in [7, 11) is 0. The predicted octanol–water partition coefficient (Wildman–Crippen LogP) is 2.48. The Kier molecular flexibility index (Phi) is 3.16. The molecule has 0 aliphatic carbocycles. The maximum atomic E-state index is 13.6. The number of aromatic carboxylic acids is 1. The Labute approximate surface area is 106 Å². The summed E-state index contributed by atoms with van der Waals surface area (Å²) in [5.41, 5.74) is -0.622. The van der Waals surface area contributed by atoms with Gasteiger partial charge in [0.1, 0.15) is 0 Å². The molecule has 0 amide bonds. The number of pyridine rings is 1. The summed E-state index contributed by atoms with van der Waals surface area (Å²) in [6, 6.07) is 7.74. The van der Waals surface area contributed by atoms with Gasteiger partial charge in [0, 0.05) is 11.1 Å². The van der Waals surface area contributed by atoms with Gasteiger partial charge in [0.15, 0.2) is 5.82 Å². The first kappa shape index (κ1) is 12.3. The second-order valence-electron chi connectivity index (χ2n) is 3.52. The summed E-state index contributed by atoms with van der Waals surface area (Å²) in [4.78, 5) is 10.8. The molecule has 1 N–H and O–H groups in total. The minimum absolute atomic E-state index is 0.0565. The first-order valence-electron chi connectivity index (χ1n) is 4.92. The molecule has 0 atom stereocenters. The topological polar surface area (TPSA) is 64.2 Å². The van der Waals surface area contributed by atoms with E-state index in [-0.39, 0.29) is 16.0 Å². The zero-order valence-electron chi connectivity index (χ0n) is 8.93. The molecule has 1 heterocycles. The average Bonchev–Trinajstić information content (AvgIpc) is 2.31. The van der Waals surface area contributed by atoms with Gasteiger partial charge in [-0.3, -0.25) is 0 Å². The molecule has 0 aliphatic heterocycles. The summed E-state index contributed by atoms with van der Waals surface area (Å²) in [5.74, 6) is -2.21. The molecule has 92 valence electrons. The Hall–Kier alpha value is -2.14. The summed E-state index contributed by atoms with van der Waals surface area (Å²) in [6.07, 6.45) is 0. The van der Waals surface area contributed by atoms with Crippen molar-refractivity contribution in [3.63, 3.8) is 0 Å². The van der Waals surface area contributed by atoms with Crippen LogP contribution in [0.5, 0.6) is 0 Å². The van der Waals surface area contributed by atoms with Crippen LogP contribution in [0.3, 0.4) is 0 Å². The van der Waals surface area contributed by atoms with Crippen LogP contribution in [-0.2, 0) is 0 Å². The van der Waals surface area contributed by atoms with E-state index in [0.717, 1.165) is 12.1 Å². The molecule has 2 aromatic rings. The fourth-order valence-corrected chi connectivity index (χ4v) is 1.66. The normalized spacial score (nSPS) is 10.3. The van der Waals surface area contributed by atoms with Gasteiger partial charge < -0.3 is 10.3 Å². The number of rotatable bonds is 2. The van der Waals surface area contributed by atoms with Crippen LogP contribution in [0.4, 0.5) is 4.39 Å². The van der Waals surface area contributed by atoms with E-state index in [0.29, 0.717) is 5.02 Å². The van der Waals surface area contributed by atoms with Crippen molar-refractivity contribution in [3.05, 3.63) is 58.1 Å². The Morgan fingerprint density at radius 3 is 2.39 bits per heavy atom. The maximum Gasteiger partial charge on any atom is 0.402 e. The second kappa shape index (κ2) is 4.62. The minimum Gasteiger partial charge on any atom is -0.618 e. The monoisotopic (exact) mass is 267 g/mol. The van der Waals surface area contributed by atoms with Crippen LogP contribution in [0.1, 0.15) is 10.5 Å². The highest BCUT2D eigenvalue weighted by molar-refractivity contribution is 6.30. The quantitative estimate of drug-likeness (QED) is 0.671. The molecule has 2 rings (SSSR count). The summed E-state index contributed by atoms with van der Waals surface area (Å²) < 4.78 is 13.7. The van der Waals surface area contributed by atoms with Gasteiger partial charge in [-0.2, -0.15) is 9.12 Å². The molecule has 0 aliphatic rings. The second-order valence-corrected chi connectivity index (χ2v) is 3.96. The number of nitrogens with zero attached hydrogens (tertiary/aromatic N) is 1. The summed E-state index contributed by atoms with van der Waals surface area (Å²) >= 11 is 5.69. The Morgan fingerprint density at radius 2 is 1.83 bits per heavy atom. The number of hydrogen-bond donors (Lipinski definition) is 1. The minimum atomic E-state index is -1.42. The lowest BCUT2D eigenvalue weighted by Crippen LogP contribution is -2.37. The van der Waals surface area contributed by atoms with E-state index >= 15 is 0 Å². The number of benzene rings is 1. The standard InChI is InChI=1S/C12H7ClFNO3/c13-8-3-1-7(2-4-8)11-9(14)5-6-10(12(16)17)15(11)18/h1-6H,(H,16,17). The smallest absolute Gasteiger partial charge is 0.402 e. The van der Waals surface area contributed by atoms with E-state index in [9.17, 15) is 14.4 Å². The highest BCUT2D eigenvalue weighted by atomic mass is 35.5. The van der Waals surface area contributed by atoms with E-state index in [2.05, 4.69) is 0 Å². The van der Waals surface area contributed by atoms with Gasteiger partial charge in [-0.05, 0) is 30.3 Å². The van der Waals surface area contributed by atoms with Crippen molar-refractivity contribution in [2.24, 2.45) is 0 Å². The van der Waals surface area contributed by atoms with Crippen molar-refractivity contribution in [1.29, 1.82) is 0 Å². The lowest BCUT2D eigenvalue weighted by atomic mass is 10.1. The number of aromatic nitrogens is 1. The summed E-state index contributed by atoms with van der Waals surface area (Å²) in [6.45, 7) is 0. The van der Waals surface area contributed by atoms with Crippen molar-refractivity contribution in [3.8, 4) is 11.3 Å². The Bertz CT molecular complexity index is 613. The molecule has 0 fully saturated rings. The molecular formula is C12H7ClFNO3. The van der Waals surface area contributed by atoms with E-state index in [4.69, 9.17) is 16.7 Å². The lowest BCUT2D eigenvalue weighted by molar-refractivity contribution is -0.598. The third-order valence-corrected chi connectivity index (χ3v) is 2.62. The van der Waals surface area contributed by atoms with Crippen molar-refractivity contribution in [2.45, 2.75) is 0 Å². The first-order chi connectivity index (χ1) is 8.50. The van der Waals surface area contributed by atoms with Gasteiger partial charge in [-0.15, -0.1) is 0 Å². The molecular weight excluding hydrogens is 261 g/mol. The van der Waals surface area contributed by atoms with Gasteiger partial charge in [0.25, 0.3) is 5.69 Å². The van der Waals surface area contributed by atoms with Crippen molar-refractivity contribution in [1.82, 2.24) is 0 Å². The molecule has 0 saturated heterocycles. The van der Waals surface area contributed by atoms with E-state index < -0.39 is 17.5 Å². The van der Waals surface area contributed by atoms with Crippen LogP contribution in [0.25, 0.3) is 11.3 Å². The SMILES string of the molecule is O=C(O)c1ccc(F)c(-c2ccc(Cl)cc2)[n+]1[O-]. The average molecular weight is 268 g/mol. The van der Waals surface area contributed by atoms with Crippen LogP contribution in [0.2, 0.25) is 5.02 Å². The predicted molar refractivity (Wildman–Crippen MR) is 62.8 cm³/mol. The van der Waals surface area contributed by atoms with Gasteiger partial charge in [-0.1, -0.05) is 11.6 Å². The fourth-order valence-electron chi connectivity index (χ4n) is 1.54. The fraction of sp³-hybridized carbons (Fsp3) is 0. The zero-order chi connectivity index (χ0) is 13.3. The summed E-state index contributed by atoms with van der Waals surface area (Å²) in [5, 5.41) is 21.0. The third kappa shape index (κ3) is 2.12. The van der Waals surface area contributed by atoms with Crippen molar-refractivity contribution >= 4 is 17.6 Å². The molecule has 18 heavy (non-hydrogen) atoms. The van der Waals surface area contributed by atoms with Crippen LogP contribution >= 0.6 is 11.6 Å². The van der Waals surface area contributed by atoms with Gasteiger partial charge >= 0.3 is 11.7 Å². The van der Waals surface area contributed by atoms with E-state index in [1.54, 1.807) is 0 Å². The molecule has 1 aromatic carbocycles. The van der Waals surface area contributed by atoms with E-state index in [1.807, 2.05) is 0 Å². The number of carbonyl (C=O) groups is 1. The third-order valence-electron chi connectivity index (χ3n) is 2.37. The van der Waals surface area contributed by atoms with Crippen LogP contribution in [0.15, 0.2) is 36.4 Å². The lowest BCUT2D eigenvalue weighted by Gasteiger charge is -2.07. The van der Waals surface area contributed by atoms with Crippen LogP contribution in [0, 0.1) is 11.0 Å². The van der Waals surface area contributed by atoms with Gasteiger partial charge in [-0.25, -0.2) is 4.79 Å². The largest absolute Gasteiger partial charge is 0.618 e. The highest BCUT2D eigenvalue weighted by Gasteiger charge is 2.23. The number of halogens is 2.